The Kier molecular flexibility index (Phi) is 2.86. The average Bonchev–Trinajstić information content (AvgIpc) is 2.65. The quantitative estimate of drug-likeness (QED) is 0.756. The summed E-state index contributed by atoms with van der Waals surface area (Å²) in [7, 11) is 1.67. The van der Waals surface area contributed by atoms with Crippen LogP contribution in [0, 0.1) is 6.92 Å². The van der Waals surface area contributed by atoms with Crippen molar-refractivity contribution >= 4 is 0 Å². The molecule has 2 aromatic rings. The highest BCUT2D eigenvalue weighted by Crippen LogP contribution is 2.11. The van der Waals surface area contributed by atoms with Gasteiger partial charge in [0, 0.05) is 18.8 Å². The number of aryl methyl sites for hydroxylation is 2. The van der Waals surface area contributed by atoms with Crippen molar-refractivity contribution in [3.05, 3.63) is 29.6 Å². The summed E-state index contributed by atoms with van der Waals surface area (Å²) in [6, 6.07) is 0. The van der Waals surface area contributed by atoms with Crippen LogP contribution in [-0.4, -0.2) is 35.3 Å². The van der Waals surface area contributed by atoms with Crippen molar-refractivity contribution in [2.24, 2.45) is 7.05 Å². The van der Waals surface area contributed by atoms with Crippen molar-refractivity contribution in [1.29, 1.82) is 0 Å². The van der Waals surface area contributed by atoms with Crippen molar-refractivity contribution in [1.82, 2.24) is 30.2 Å². The third-order valence-electron chi connectivity index (χ3n) is 2.02. The molecule has 0 bridgehead atoms. The lowest BCUT2D eigenvalue weighted by molar-refractivity contribution is 0.165. The predicted molar refractivity (Wildman–Crippen MR) is 54.2 cm³/mol. The summed E-state index contributed by atoms with van der Waals surface area (Å²) in [6.07, 6.45) is 2.78. The van der Waals surface area contributed by atoms with E-state index in [4.69, 9.17) is 0 Å². The van der Waals surface area contributed by atoms with E-state index < -0.39 is 6.10 Å². The molecule has 16 heavy (non-hydrogen) atoms. The zero-order valence-electron chi connectivity index (χ0n) is 9.07. The van der Waals surface area contributed by atoms with Gasteiger partial charge in [-0.15, -0.1) is 10.2 Å². The van der Waals surface area contributed by atoms with E-state index in [1.54, 1.807) is 19.4 Å². The smallest absolute Gasteiger partial charge is 0.177 e. The lowest BCUT2D eigenvalue weighted by Gasteiger charge is -2.05. The van der Waals surface area contributed by atoms with Crippen LogP contribution in [0.15, 0.2) is 12.4 Å². The van der Waals surface area contributed by atoms with Gasteiger partial charge in [-0.1, -0.05) is 0 Å². The summed E-state index contributed by atoms with van der Waals surface area (Å²) in [6.45, 7) is 1.89. The Morgan fingerprint density at radius 1 is 1.38 bits per heavy atom. The minimum atomic E-state index is -0.801. The van der Waals surface area contributed by atoms with Crippen LogP contribution >= 0.6 is 0 Å². The molecule has 1 N–H and O–H groups in total. The van der Waals surface area contributed by atoms with Crippen LogP contribution < -0.4 is 0 Å². The van der Waals surface area contributed by atoms with E-state index in [0.29, 0.717) is 11.6 Å². The molecular formula is C9H12N6O. The molecule has 2 aromatic heterocycles. The Balaban J connectivity index is 2.08. The molecule has 0 aliphatic carbocycles. The van der Waals surface area contributed by atoms with E-state index in [1.807, 2.05) is 6.92 Å². The molecule has 0 amide bonds. The van der Waals surface area contributed by atoms with Crippen LogP contribution in [0.1, 0.15) is 23.3 Å². The van der Waals surface area contributed by atoms with E-state index in [9.17, 15) is 5.11 Å². The second-order valence-corrected chi connectivity index (χ2v) is 3.53. The van der Waals surface area contributed by atoms with E-state index in [0.717, 1.165) is 5.56 Å². The number of hydrogen-bond donors (Lipinski definition) is 1. The average molecular weight is 220 g/mol. The maximum atomic E-state index is 9.83. The number of nitrogens with zero attached hydrogens (tertiary/aromatic N) is 6. The Morgan fingerprint density at radius 2 is 2.06 bits per heavy atom. The second-order valence-electron chi connectivity index (χ2n) is 3.53. The first-order valence-corrected chi connectivity index (χ1v) is 4.84. The normalized spacial score (nSPS) is 12.7. The van der Waals surface area contributed by atoms with Gasteiger partial charge in [-0.2, -0.15) is 4.80 Å². The van der Waals surface area contributed by atoms with Crippen molar-refractivity contribution in [2.75, 3.05) is 0 Å². The first kappa shape index (κ1) is 10.6. The summed E-state index contributed by atoms with van der Waals surface area (Å²) >= 11 is 0. The summed E-state index contributed by atoms with van der Waals surface area (Å²) in [5, 5.41) is 21.3. The number of rotatable bonds is 3. The van der Waals surface area contributed by atoms with Crippen molar-refractivity contribution in [2.45, 2.75) is 19.4 Å². The van der Waals surface area contributed by atoms with Gasteiger partial charge in [0.1, 0.15) is 6.10 Å². The number of aliphatic hydroxyl groups is 1. The molecule has 0 aliphatic rings. The molecule has 7 heteroatoms. The monoisotopic (exact) mass is 220 g/mol. The van der Waals surface area contributed by atoms with Crippen LogP contribution in [0.3, 0.4) is 0 Å². The van der Waals surface area contributed by atoms with E-state index in [-0.39, 0.29) is 6.42 Å². The third-order valence-corrected chi connectivity index (χ3v) is 2.02. The highest BCUT2D eigenvalue weighted by molar-refractivity contribution is 5.04. The number of aliphatic hydroxyl groups excluding tert-OH is 1. The van der Waals surface area contributed by atoms with Crippen LogP contribution in [0.5, 0.6) is 0 Å². The summed E-state index contributed by atoms with van der Waals surface area (Å²) < 4.78 is 0. The molecule has 7 nitrogen and oxygen atoms in total. The molecule has 0 saturated carbocycles. The highest BCUT2D eigenvalue weighted by Gasteiger charge is 2.14. The van der Waals surface area contributed by atoms with Crippen molar-refractivity contribution in [3.63, 3.8) is 0 Å². The van der Waals surface area contributed by atoms with Gasteiger partial charge in [-0.05, 0) is 17.7 Å². The molecule has 2 rings (SSSR count). The number of aromatic nitrogens is 6. The zero-order valence-corrected chi connectivity index (χ0v) is 9.07. The number of hydrogen-bond acceptors (Lipinski definition) is 6. The third kappa shape index (κ3) is 2.37. The predicted octanol–water partition coefficient (Wildman–Crippen LogP) is -0.415. The molecule has 2 heterocycles. The number of tetrazole rings is 1. The van der Waals surface area contributed by atoms with E-state index >= 15 is 0 Å². The molecule has 0 radical (unpaired) electrons. The fourth-order valence-electron chi connectivity index (χ4n) is 1.24. The summed E-state index contributed by atoms with van der Waals surface area (Å²) in [5.41, 5.74) is 0.952. The molecule has 0 fully saturated rings. The fourth-order valence-corrected chi connectivity index (χ4v) is 1.24. The van der Waals surface area contributed by atoms with Crippen molar-refractivity contribution < 1.29 is 5.11 Å². The zero-order chi connectivity index (χ0) is 11.5. The molecule has 0 saturated heterocycles. The van der Waals surface area contributed by atoms with Crippen LogP contribution in [0.4, 0.5) is 0 Å². The largest absolute Gasteiger partial charge is 0.385 e. The minimum absolute atomic E-state index is 0.261. The van der Waals surface area contributed by atoms with E-state index in [2.05, 4.69) is 25.4 Å². The fraction of sp³-hybridized carbons (Fsp3) is 0.444. The van der Waals surface area contributed by atoms with E-state index in [1.165, 1.54) is 4.80 Å². The minimum Gasteiger partial charge on any atom is -0.385 e. The first-order valence-electron chi connectivity index (χ1n) is 4.84. The van der Waals surface area contributed by atoms with Crippen LogP contribution in [-0.2, 0) is 13.5 Å². The van der Waals surface area contributed by atoms with Crippen LogP contribution in [0.2, 0.25) is 0 Å². The van der Waals surface area contributed by atoms with Gasteiger partial charge < -0.3 is 5.11 Å². The highest BCUT2D eigenvalue weighted by atomic mass is 16.3. The summed E-state index contributed by atoms with van der Waals surface area (Å²) in [4.78, 5) is 9.42. The van der Waals surface area contributed by atoms with Gasteiger partial charge in [-0.25, -0.2) is 9.97 Å². The standard InChI is InChI=1S/C9H12N6O/c1-6-4-10-9(11-5-6)7(16)3-8-12-14-15(2)13-8/h4-5,7,16H,3H2,1-2H3. The molecule has 84 valence electrons. The molecule has 0 aromatic carbocycles. The maximum Gasteiger partial charge on any atom is 0.177 e. The molecule has 1 unspecified atom stereocenters. The molecule has 0 spiro atoms. The van der Waals surface area contributed by atoms with Gasteiger partial charge in [0.25, 0.3) is 0 Å². The molecular weight excluding hydrogens is 208 g/mol. The molecule has 1 atom stereocenters. The Morgan fingerprint density at radius 3 is 2.62 bits per heavy atom. The molecule has 0 aliphatic heterocycles. The van der Waals surface area contributed by atoms with Gasteiger partial charge >= 0.3 is 0 Å². The SMILES string of the molecule is Cc1cnc(C(O)Cc2nnn(C)n2)nc1. The Hall–Kier alpha value is -1.89. The van der Waals surface area contributed by atoms with Gasteiger partial charge in [0.15, 0.2) is 11.6 Å². The van der Waals surface area contributed by atoms with Crippen LogP contribution in [0.25, 0.3) is 0 Å². The van der Waals surface area contributed by atoms with Crippen molar-refractivity contribution in [3.8, 4) is 0 Å². The first-order chi connectivity index (χ1) is 7.65. The van der Waals surface area contributed by atoms with Gasteiger partial charge in [-0.3, -0.25) is 0 Å². The van der Waals surface area contributed by atoms with Gasteiger partial charge in [0.05, 0.1) is 7.05 Å². The maximum absolute atomic E-state index is 9.83. The Bertz CT molecular complexity index is 465. The topological polar surface area (TPSA) is 89.6 Å². The lowest BCUT2D eigenvalue weighted by atomic mass is 10.2. The second kappa shape index (κ2) is 4.31. The van der Waals surface area contributed by atoms with Gasteiger partial charge in [0.2, 0.25) is 0 Å². The Labute approximate surface area is 92.2 Å². The lowest BCUT2D eigenvalue weighted by Crippen LogP contribution is -2.08. The summed E-state index contributed by atoms with van der Waals surface area (Å²) in [5.74, 6) is 0.845.